The summed E-state index contributed by atoms with van der Waals surface area (Å²) in [5.41, 5.74) is 1.78. The summed E-state index contributed by atoms with van der Waals surface area (Å²) < 4.78 is 5.39. The minimum absolute atomic E-state index is 0.000941. The molecule has 0 aromatic heterocycles. The minimum Gasteiger partial charge on any atom is -0.459 e. The molecule has 0 aliphatic carbocycles. The van der Waals surface area contributed by atoms with Crippen molar-refractivity contribution in [3.63, 3.8) is 0 Å². The molecule has 1 aliphatic rings. The van der Waals surface area contributed by atoms with E-state index in [1.807, 2.05) is 46.8 Å². The highest BCUT2D eigenvalue weighted by Crippen LogP contribution is 2.29. The van der Waals surface area contributed by atoms with E-state index in [0.29, 0.717) is 12.1 Å². The fraction of sp³-hybridized carbons (Fsp3) is 0.571. The molecule has 0 radical (unpaired) electrons. The van der Waals surface area contributed by atoms with Crippen molar-refractivity contribution >= 4 is 23.5 Å². The van der Waals surface area contributed by atoms with Gasteiger partial charge in [0, 0.05) is 30.8 Å². The van der Waals surface area contributed by atoms with E-state index in [0.717, 1.165) is 24.1 Å². The summed E-state index contributed by atoms with van der Waals surface area (Å²) >= 11 is 0. The lowest BCUT2D eigenvalue weighted by molar-refractivity contribution is -0.156. The van der Waals surface area contributed by atoms with Crippen molar-refractivity contribution in [3.05, 3.63) is 29.3 Å². The Kier molecular flexibility index (Phi) is 6.29. The lowest BCUT2D eigenvalue weighted by Crippen LogP contribution is -2.43. The van der Waals surface area contributed by atoms with Crippen LogP contribution in [0.15, 0.2) is 18.2 Å². The quantitative estimate of drug-likeness (QED) is 0.743. The molecule has 0 unspecified atom stereocenters. The minimum atomic E-state index is -0.592. The number of esters is 1. The molecule has 1 aliphatic heterocycles. The molecule has 0 saturated carbocycles. The van der Waals surface area contributed by atoms with Gasteiger partial charge in [-0.1, -0.05) is 6.92 Å². The van der Waals surface area contributed by atoms with Gasteiger partial charge in [0.2, 0.25) is 5.91 Å². The molecule has 0 spiro atoms. The number of ether oxygens (including phenoxy) is 1. The van der Waals surface area contributed by atoms with Gasteiger partial charge in [-0.05, 0) is 64.3 Å². The first-order valence-electron chi connectivity index (χ1n) is 9.47. The van der Waals surface area contributed by atoms with Crippen LogP contribution >= 0.6 is 0 Å². The summed E-state index contributed by atoms with van der Waals surface area (Å²) in [5.74, 6) is -0.613. The van der Waals surface area contributed by atoms with Crippen LogP contribution in [-0.4, -0.2) is 47.4 Å². The molecule has 2 amide bonds. The summed E-state index contributed by atoms with van der Waals surface area (Å²) in [6, 6.07) is 5.30. The van der Waals surface area contributed by atoms with Gasteiger partial charge in [-0.3, -0.25) is 14.4 Å². The van der Waals surface area contributed by atoms with E-state index in [4.69, 9.17) is 4.74 Å². The van der Waals surface area contributed by atoms with E-state index >= 15 is 0 Å². The summed E-state index contributed by atoms with van der Waals surface area (Å²) in [4.78, 5) is 40.3. The smallest absolute Gasteiger partial charge is 0.326 e. The van der Waals surface area contributed by atoms with Gasteiger partial charge in [0.05, 0.1) is 0 Å². The second-order valence-electron chi connectivity index (χ2n) is 8.04. The predicted octanol–water partition coefficient (Wildman–Crippen LogP) is 3.18. The summed E-state index contributed by atoms with van der Waals surface area (Å²) in [7, 11) is 0. The highest BCUT2D eigenvalue weighted by molar-refractivity contribution is 5.99. The number of benzene rings is 1. The predicted molar refractivity (Wildman–Crippen MR) is 105 cm³/mol. The van der Waals surface area contributed by atoms with Gasteiger partial charge in [-0.2, -0.15) is 0 Å². The van der Waals surface area contributed by atoms with E-state index in [-0.39, 0.29) is 24.4 Å². The van der Waals surface area contributed by atoms with Crippen molar-refractivity contribution in [1.29, 1.82) is 0 Å². The third-order valence-corrected chi connectivity index (χ3v) is 4.71. The number of anilines is 1. The molecular formula is C21H30N2O4. The zero-order valence-corrected chi connectivity index (χ0v) is 17.2. The third kappa shape index (κ3) is 5.08. The number of rotatable bonds is 5. The Morgan fingerprint density at radius 3 is 2.48 bits per heavy atom. The molecule has 0 fully saturated rings. The largest absolute Gasteiger partial charge is 0.459 e. The molecule has 0 N–H and O–H groups in total. The molecule has 6 heteroatoms. The average Bonchev–Trinajstić information content (AvgIpc) is 3.00. The van der Waals surface area contributed by atoms with Gasteiger partial charge >= 0.3 is 5.97 Å². The molecular weight excluding hydrogens is 344 g/mol. The van der Waals surface area contributed by atoms with Gasteiger partial charge in [0.15, 0.2) is 0 Å². The molecule has 0 bridgehead atoms. The molecule has 27 heavy (non-hydrogen) atoms. The fourth-order valence-corrected chi connectivity index (χ4v) is 3.19. The lowest BCUT2D eigenvalue weighted by atomic mass is 10.1. The Morgan fingerprint density at radius 2 is 1.93 bits per heavy atom. The Balaban J connectivity index is 2.23. The highest BCUT2D eigenvalue weighted by Gasteiger charge is 2.28. The van der Waals surface area contributed by atoms with Crippen LogP contribution in [0.5, 0.6) is 0 Å². The van der Waals surface area contributed by atoms with Crippen LogP contribution in [0.4, 0.5) is 5.69 Å². The Labute approximate surface area is 161 Å². The van der Waals surface area contributed by atoms with Crippen molar-refractivity contribution < 1.29 is 19.1 Å². The Morgan fingerprint density at radius 1 is 1.26 bits per heavy atom. The second kappa shape index (κ2) is 8.11. The molecule has 6 nitrogen and oxygen atoms in total. The fourth-order valence-electron chi connectivity index (χ4n) is 3.19. The SMILES string of the molecule is CC[C@H](C)N(CC(=O)OC(C)(C)C)C(=O)c1ccc2c(c1)CCN2C(C)=O. The third-order valence-electron chi connectivity index (χ3n) is 4.71. The number of nitrogens with zero attached hydrogens (tertiary/aromatic N) is 2. The maximum Gasteiger partial charge on any atom is 0.326 e. The van der Waals surface area contributed by atoms with E-state index in [1.54, 1.807) is 22.8 Å². The molecule has 1 aromatic rings. The van der Waals surface area contributed by atoms with Crippen LogP contribution in [-0.2, 0) is 20.7 Å². The van der Waals surface area contributed by atoms with Crippen LogP contribution in [0.25, 0.3) is 0 Å². The van der Waals surface area contributed by atoms with Crippen molar-refractivity contribution in [1.82, 2.24) is 4.90 Å². The van der Waals surface area contributed by atoms with E-state index in [9.17, 15) is 14.4 Å². The molecule has 2 rings (SSSR count). The first kappa shape index (κ1) is 20.9. The van der Waals surface area contributed by atoms with Crippen LogP contribution in [0.3, 0.4) is 0 Å². The molecule has 1 aromatic carbocycles. The number of carbonyl (C=O) groups excluding carboxylic acids is 3. The summed E-state index contributed by atoms with van der Waals surface area (Å²) in [6.07, 6.45) is 1.46. The second-order valence-corrected chi connectivity index (χ2v) is 8.04. The molecule has 148 valence electrons. The first-order chi connectivity index (χ1) is 12.5. The number of carbonyl (C=O) groups is 3. The normalized spacial score (nSPS) is 14.5. The number of hydrogen-bond donors (Lipinski definition) is 0. The monoisotopic (exact) mass is 374 g/mol. The number of hydrogen-bond acceptors (Lipinski definition) is 4. The van der Waals surface area contributed by atoms with Crippen LogP contribution in [0, 0.1) is 0 Å². The topological polar surface area (TPSA) is 66.9 Å². The Bertz CT molecular complexity index is 736. The summed E-state index contributed by atoms with van der Waals surface area (Å²) in [6.45, 7) is 11.4. The van der Waals surface area contributed by atoms with Crippen LogP contribution in [0.2, 0.25) is 0 Å². The molecule has 1 heterocycles. The van der Waals surface area contributed by atoms with Gasteiger partial charge < -0.3 is 14.5 Å². The van der Waals surface area contributed by atoms with Crippen molar-refractivity contribution in [3.8, 4) is 0 Å². The van der Waals surface area contributed by atoms with Gasteiger partial charge in [0.1, 0.15) is 12.1 Å². The van der Waals surface area contributed by atoms with E-state index in [2.05, 4.69) is 0 Å². The number of fused-ring (bicyclic) bond motifs is 1. The zero-order chi connectivity index (χ0) is 20.4. The van der Waals surface area contributed by atoms with Crippen molar-refractivity contribution in [2.75, 3.05) is 18.0 Å². The average molecular weight is 374 g/mol. The maximum absolute atomic E-state index is 13.1. The molecule has 1 atom stereocenters. The van der Waals surface area contributed by atoms with Crippen molar-refractivity contribution in [2.24, 2.45) is 0 Å². The molecule has 0 saturated heterocycles. The van der Waals surface area contributed by atoms with Gasteiger partial charge in [-0.25, -0.2) is 0 Å². The number of amides is 2. The standard InChI is InChI=1S/C21H30N2O4/c1-7-14(2)23(13-19(25)27-21(4,5)6)20(26)17-8-9-18-16(12-17)10-11-22(18)15(3)24/h8-9,12,14H,7,10-11,13H2,1-6H3/t14-/m0/s1. The summed E-state index contributed by atoms with van der Waals surface area (Å²) in [5, 5.41) is 0. The van der Waals surface area contributed by atoms with Crippen molar-refractivity contribution in [2.45, 2.75) is 66.0 Å². The van der Waals surface area contributed by atoms with Gasteiger partial charge in [-0.15, -0.1) is 0 Å². The maximum atomic E-state index is 13.1. The van der Waals surface area contributed by atoms with Crippen LogP contribution in [0.1, 0.15) is 63.9 Å². The Hall–Kier alpha value is -2.37. The zero-order valence-electron chi connectivity index (χ0n) is 17.2. The van der Waals surface area contributed by atoms with Crippen LogP contribution < -0.4 is 4.90 Å². The van der Waals surface area contributed by atoms with E-state index < -0.39 is 11.6 Å². The van der Waals surface area contributed by atoms with Gasteiger partial charge in [0.25, 0.3) is 5.91 Å². The first-order valence-corrected chi connectivity index (χ1v) is 9.47. The highest BCUT2D eigenvalue weighted by atomic mass is 16.6. The van der Waals surface area contributed by atoms with E-state index in [1.165, 1.54) is 0 Å². The lowest BCUT2D eigenvalue weighted by Gasteiger charge is -2.29.